The van der Waals surface area contributed by atoms with Crippen molar-refractivity contribution in [3.8, 4) is 0 Å². The molecule has 1 heterocycles. The number of amides is 1. The van der Waals surface area contributed by atoms with Crippen LogP contribution in [0, 0.1) is 11.3 Å². The second-order valence-electron chi connectivity index (χ2n) is 6.16. The number of piperidine rings is 1. The Balaban J connectivity index is 2.54. The second-order valence-corrected chi connectivity index (χ2v) is 6.16. The molecule has 118 valence electrons. The van der Waals surface area contributed by atoms with Gasteiger partial charge in [0, 0.05) is 13.1 Å². The SMILES string of the molecule is CCCC1(C(=O)NCC(O)C(CC)CC)CCCNC1. The molecule has 1 fully saturated rings. The van der Waals surface area contributed by atoms with Crippen LogP contribution in [0.15, 0.2) is 0 Å². The summed E-state index contributed by atoms with van der Waals surface area (Å²) in [7, 11) is 0. The van der Waals surface area contributed by atoms with Crippen molar-refractivity contribution in [3.63, 3.8) is 0 Å². The summed E-state index contributed by atoms with van der Waals surface area (Å²) in [5, 5.41) is 16.5. The maximum Gasteiger partial charge on any atom is 0.227 e. The van der Waals surface area contributed by atoms with E-state index in [1.54, 1.807) is 0 Å². The van der Waals surface area contributed by atoms with E-state index in [0.717, 1.165) is 51.6 Å². The highest BCUT2D eigenvalue weighted by molar-refractivity contribution is 5.83. The summed E-state index contributed by atoms with van der Waals surface area (Å²) in [6.07, 6.45) is 5.44. The van der Waals surface area contributed by atoms with Crippen molar-refractivity contribution in [2.24, 2.45) is 11.3 Å². The van der Waals surface area contributed by atoms with E-state index in [-0.39, 0.29) is 17.2 Å². The first-order chi connectivity index (χ1) is 9.59. The molecule has 1 saturated heterocycles. The van der Waals surface area contributed by atoms with E-state index in [2.05, 4.69) is 31.4 Å². The third-order valence-electron chi connectivity index (χ3n) is 4.75. The fraction of sp³-hybridized carbons (Fsp3) is 0.938. The monoisotopic (exact) mass is 284 g/mol. The van der Waals surface area contributed by atoms with Crippen LogP contribution in [-0.2, 0) is 4.79 Å². The van der Waals surface area contributed by atoms with Gasteiger partial charge in [0.2, 0.25) is 5.91 Å². The first-order valence-corrected chi connectivity index (χ1v) is 8.26. The lowest BCUT2D eigenvalue weighted by Gasteiger charge is -2.36. The van der Waals surface area contributed by atoms with Crippen molar-refractivity contribution in [2.45, 2.75) is 65.4 Å². The van der Waals surface area contributed by atoms with Crippen molar-refractivity contribution in [1.29, 1.82) is 0 Å². The van der Waals surface area contributed by atoms with Gasteiger partial charge in [-0.05, 0) is 31.7 Å². The van der Waals surface area contributed by atoms with Crippen LogP contribution < -0.4 is 10.6 Å². The zero-order valence-electron chi connectivity index (χ0n) is 13.4. The number of nitrogens with one attached hydrogen (secondary N) is 2. The van der Waals surface area contributed by atoms with Gasteiger partial charge in [-0.3, -0.25) is 4.79 Å². The molecule has 2 unspecified atom stereocenters. The lowest BCUT2D eigenvalue weighted by atomic mass is 9.76. The molecule has 3 N–H and O–H groups in total. The molecule has 0 spiro atoms. The Morgan fingerprint density at radius 1 is 1.35 bits per heavy atom. The Kier molecular flexibility index (Phi) is 7.52. The molecule has 20 heavy (non-hydrogen) atoms. The summed E-state index contributed by atoms with van der Waals surface area (Å²) < 4.78 is 0. The number of hydrogen-bond donors (Lipinski definition) is 3. The number of aliphatic hydroxyl groups excluding tert-OH is 1. The molecule has 0 aromatic heterocycles. The second kappa shape index (κ2) is 8.63. The highest BCUT2D eigenvalue weighted by Gasteiger charge is 2.38. The van der Waals surface area contributed by atoms with Gasteiger partial charge in [0.25, 0.3) is 0 Å². The molecule has 0 radical (unpaired) electrons. The highest BCUT2D eigenvalue weighted by Crippen LogP contribution is 2.31. The molecule has 1 amide bonds. The molecule has 0 saturated carbocycles. The minimum atomic E-state index is -0.427. The Hall–Kier alpha value is -0.610. The third kappa shape index (κ3) is 4.45. The molecular formula is C16H32N2O2. The van der Waals surface area contributed by atoms with E-state index in [0.29, 0.717) is 6.54 Å². The Morgan fingerprint density at radius 2 is 2.05 bits per heavy atom. The zero-order valence-corrected chi connectivity index (χ0v) is 13.4. The summed E-state index contributed by atoms with van der Waals surface area (Å²) >= 11 is 0. The molecule has 1 aliphatic heterocycles. The van der Waals surface area contributed by atoms with Gasteiger partial charge < -0.3 is 15.7 Å². The standard InChI is InChI=1S/C16H32N2O2/c1-4-8-16(9-7-10-17-12-16)15(20)18-11-14(19)13(5-2)6-3/h13-14,17,19H,4-12H2,1-3H3,(H,18,20). The fourth-order valence-corrected chi connectivity index (χ4v) is 3.35. The molecule has 4 heteroatoms. The van der Waals surface area contributed by atoms with Crippen molar-refractivity contribution >= 4 is 5.91 Å². The Bertz CT molecular complexity index is 279. The molecule has 0 aromatic rings. The van der Waals surface area contributed by atoms with E-state index < -0.39 is 6.10 Å². The van der Waals surface area contributed by atoms with Gasteiger partial charge in [-0.2, -0.15) is 0 Å². The lowest BCUT2D eigenvalue weighted by Crippen LogP contribution is -2.52. The van der Waals surface area contributed by atoms with Gasteiger partial charge in [0.05, 0.1) is 11.5 Å². The lowest BCUT2D eigenvalue weighted by molar-refractivity contribution is -0.133. The van der Waals surface area contributed by atoms with Gasteiger partial charge in [-0.1, -0.05) is 40.0 Å². The van der Waals surface area contributed by atoms with Crippen molar-refractivity contribution in [1.82, 2.24) is 10.6 Å². The van der Waals surface area contributed by atoms with E-state index in [1.165, 1.54) is 0 Å². The van der Waals surface area contributed by atoms with Crippen molar-refractivity contribution in [3.05, 3.63) is 0 Å². The molecule has 0 aliphatic carbocycles. The number of rotatable bonds is 8. The van der Waals surface area contributed by atoms with Crippen LogP contribution in [0.5, 0.6) is 0 Å². The summed E-state index contributed by atoms with van der Waals surface area (Å²) in [4.78, 5) is 12.6. The molecule has 4 nitrogen and oxygen atoms in total. The summed E-state index contributed by atoms with van der Waals surface area (Å²) in [6.45, 7) is 8.47. The zero-order chi connectivity index (χ0) is 15.0. The van der Waals surface area contributed by atoms with Crippen molar-refractivity contribution < 1.29 is 9.90 Å². The third-order valence-corrected chi connectivity index (χ3v) is 4.75. The molecule has 0 aromatic carbocycles. The summed E-state index contributed by atoms with van der Waals surface area (Å²) in [5.74, 6) is 0.401. The number of aliphatic hydroxyl groups is 1. The molecular weight excluding hydrogens is 252 g/mol. The van der Waals surface area contributed by atoms with Crippen LogP contribution >= 0.6 is 0 Å². The van der Waals surface area contributed by atoms with Crippen LogP contribution in [0.4, 0.5) is 0 Å². The number of carbonyl (C=O) groups excluding carboxylic acids is 1. The summed E-state index contributed by atoms with van der Waals surface area (Å²) in [5.41, 5.74) is -0.263. The van der Waals surface area contributed by atoms with Crippen LogP contribution in [0.2, 0.25) is 0 Å². The molecule has 2 atom stereocenters. The molecule has 1 aliphatic rings. The Morgan fingerprint density at radius 3 is 2.55 bits per heavy atom. The minimum Gasteiger partial charge on any atom is -0.391 e. The van der Waals surface area contributed by atoms with Crippen LogP contribution in [0.1, 0.15) is 59.3 Å². The quantitative estimate of drug-likeness (QED) is 0.639. The number of carbonyl (C=O) groups is 1. The maximum atomic E-state index is 12.6. The fourth-order valence-electron chi connectivity index (χ4n) is 3.35. The van der Waals surface area contributed by atoms with E-state index in [4.69, 9.17) is 0 Å². The molecule has 1 rings (SSSR count). The van der Waals surface area contributed by atoms with Crippen molar-refractivity contribution in [2.75, 3.05) is 19.6 Å². The van der Waals surface area contributed by atoms with E-state index >= 15 is 0 Å². The molecule has 0 bridgehead atoms. The van der Waals surface area contributed by atoms with Gasteiger partial charge in [-0.25, -0.2) is 0 Å². The van der Waals surface area contributed by atoms with E-state index in [9.17, 15) is 9.90 Å². The summed E-state index contributed by atoms with van der Waals surface area (Å²) in [6, 6.07) is 0. The first-order valence-electron chi connectivity index (χ1n) is 8.26. The normalized spacial score (nSPS) is 24.6. The van der Waals surface area contributed by atoms with E-state index in [1.807, 2.05) is 0 Å². The highest BCUT2D eigenvalue weighted by atomic mass is 16.3. The largest absolute Gasteiger partial charge is 0.391 e. The Labute approximate surface area is 123 Å². The van der Waals surface area contributed by atoms with Gasteiger partial charge in [-0.15, -0.1) is 0 Å². The van der Waals surface area contributed by atoms with Gasteiger partial charge in [0.1, 0.15) is 0 Å². The predicted octanol–water partition coefficient (Wildman–Crippen LogP) is 2.07. The average molecular weight is 284 g/mol. The van der Waals surface area contributed by atoms with Crippen LogP contribution in [-0.4, -0.2) is 36.8 Å². The average Bonchev–Trinajstić information content (AvgIpc) is 2.47. The van der Waals surface area contributed by atoms with Gasteiger partial charge in [0.15, 0.2) is 0 Å². The van der Waals surface area contributed by atoms with Crippen LogP contribution in [0.25, 0.3) is 0 Å². The number of hydrogen-bond acceptors (Lipinski definition) is 3. The smallest absolute Gasteiger partial charge is 0.227 e. The maximum absolute atomic E-state index is 12.6. The first kappa shape index (κ1) is 17.4. The topological polar surface area (TPSA) is 61.4 Å². The predicted molar refractivity (Wildman–Crippen MR) is 82.5 cm³/mol. The van der Waals surface area contributed by atoms with Gasteiger partial charge >= 0.3 is 0 Å². The minimum absolute atomic E-state index is 0.122. The van der Waals surface area contributed by atoms with Crippen LogP contribution in [0.3, 0.4) is 0 Å².